The Morgan fingerprint density at radius 2 is 2.04 bits per heavy atom. The van der Waals surface area contributed by atoms with Crippen molar-refractivity contribution >= 4 is 21.7 Å². The fraction of sp³-hybridized carbons (Fsp3) is 0.231. The highest BCUT2D eigenvalue weighted by atomic mass is 32.2. The number of aromatic nitrogens is 2. The lowest BCUT2D eigenvalue weighted by atomic mass is 10.2. The minimum absolute atomic E-state index is 0.00974. The summed E-state index contributed by atoms with van der Waals surface area (Å²) in [6.07, 6.45) is -4.06. The first-order valence-electron chi connectivity index (χ1n) is 6.40. The molecule has 0 aliphatic rings. The summed E-state index contributed by atoms with van der Waals surface area (Å²) >= 11 is 0. The van der Waals surface area contributed by atoms with Crippen molar-refractivity contribution in [2.75, 3.05) is 11.1 Å². The minimum Gasteiger partial charge on any atom is -0.320 e. The molecule has 0 fully saturated rings. The van der Waals surface area contributed by atoms with E-state index < -0.39 is 27.6 Å². The van der Waals surface area contributed by atoms with Gasteiger partial charge in [0, 0.05) is 5.56 Å². The molecular weight excluding hydrogens is 335 g/mol. The topological polar surface area (TPSA) is 91.9 Å². The third kappa shape index (κ3) is 3.89. The average molecular weight is 347 g/mol. The van der Waals surface area contributed by atoms with Gasteiger partial charge in [-0.05, 0) is 18.2 Å². The second-order valence-electron chi connectivity index (χ2n) is 4.53. The predicted octanol–water partition coefficient (Wildman–Crippen LogP) is 2.47. The smallest absolute Gasteiger partial charge is 0.320 e. The van der Waals surface area contributed by atoms with E-state index in [-0.39, 0.29) is 22.2 Å². The highest BCUT2D eigenvalue weighted by Gasteiger charge is 2.33. The van der Waals surface area contributed by atoms with E-state index in [1.807, 2.05) is 4.98 Å². The number of carbonyl (C=O) groups is 1. The molecule has 1 heterocycles. The van der Waals surface area contributed by atoms with Crippen LogP contribution in [0.3, 0.4) is 0 Å². The molecule has 0 atom stereocenters. The molecular formula is C13H12F3N3O3S. The maximum atomic E-state index is 12.4. The second kappa shape index (κ2) is 6.03. The minimum atomic E-state index is -4.61. The maximum Gasteiger partial charge on any atom is 0.432 e. The average Bonchev–Trinajstić information content (AvgIpc) is 2.96. The van der Waals surface area contributed by atoms with Gasteiger partial charge in [-0.15, -0.1) is 0 Å². The van der Waals surface area contributed by atoms with E-state index in [0.29, 0.717) is 6.20 Å². The van der Waals surface area contributed by atoms with Gasteiger partial charge < -0.3 is 4.98 Å². The summed E-state index contributed by atoms with van der Waals surface area (Å²) in [6, 6.07) is 5.21. The molecule has 0 radical (unpaired) electrons. The Bertz CT molecular complexity index is 828. The number of benzene rings is 1. The zero-order valence-electron chi connectivity index (χ0n) is 11.8. The Labute approximate surface area is 129 Å². The third-order valence-corrected chi connectivity index (χ3v) is 4.68. The van der Waals surface area contributed by atoms with E-state index in [1.54, 1.807) is 0 Å². The van der Waals surface area contributed by atoms with E-state index >= 15 is 0 Å². The van der Waals surface area contributed by atoms with Gasteiger partial charge in [-0.2, -0.15) is 13.2 Å². The number of hydrogen-bond acceptors (Lipinski definition) is 4. The number of anilines is 1. The van der Waals surface area contributed by atoms with E-state index in [4.69, 9.17) is 0 Å². The number of sulfone groups is 1. The fourth-order valence-electron chi connectivity index (χ4n) is 1.71. The monoisotopic (exact) mass is 347 g/mol. The summed E-state index contributed by atoms with van der Waals surface area (Å²) in [5, 5.41) is 2.15. The normalized spacial score (nSPS) is 12.2. The lowest BCUT2D eigenvalue weighted by Crippen LogP contribution is -2.14. The molecule has 2 aromatic rings. The van der Waals surface area contributed by atoms with Gasteiger partial charge in [0.05, 0.1) is 16.8 Å². The Hall–Kier alpha value is -2.36. The van der Waals surface area contributed by atoms with E-state index in [0.717, 1.165) is 6.07 Å². The van der Waals surface area contributed by atoms with Gasteiger partial charge >= 0.3 is 6.18 Å². The van der Waals surface area contributed by atoms with Crippen LogP contribution in [-0.2, 0) is 16.0 Å². The van der Waals surface area contributed by atoms with Crippen LogP contribution in [0.15, 0.2) is 35.4 Å². The molecule has 2 rings (SSSR count). The molecule has 0 aliphatic heterocycles. The van der Waals surface area contributed by atoms with Crippen LogP contribution in [0.4, 0.5) is 19.1 Å². The molecule has 10 heteroatoms. The number of alkyl halides is 3. The van der Waals surface area contributed by atoms with Crippen LogP contribution in [0, 0.1) is 0 Å². The number of imidazole rings is 1. The first-order chi connectivity index (χ1) is 10.6. The lowest BCUT2D eigenvalue weighted by molar-refractivity contribution is -0.140. The largest absolute Gasteiger partial charge is 0.432 e. The summed E-state index contributed by atoms with van der Waals surface area (Å²) in [4.78, 5) is 17.3. The number of halogens is 3. The van der Waals surface area contributed by atoms with Crippen LogP contribution in [-0.4, -0.2) is 30.0 Å². The van der Waals surface area contributed by atoms with Crippen molar-refractivity contribution in [3.05, 3.63) is 41.7 Å². The SMILES string of the molecule is CCS(=O)(=O)c1cccc(C(=O)Nc2ncc(C(F)(F)F)[nH]2)c1. The molecule has 0 aliphatic carbocycles. The zero-order chi connectivity index (χ0) is 17.3. The zero-order valence-corrected chi connectivity index (χ0v) is 12.6. The van der Waals surface area contributed by atoms with Crippen molar-refractivity contribution in [3.8, 4) is 0 Å². The second-order valence-corrected chi connectivity index (χ2v) is 6.81. The van der Waals surface area contributed by atoms with Gasteiger partial charge in [0.25, 0.3) is 5.91 Å². The van der Waals surface area contributed by atoms with Gasteiger partial charge in [-0.1, -0.05) is 13.0 Å². The first-order valence-corrected chi connectivity index (χ1v) is 8.05. The maximum absolute atomic E-state index is 12.4. The lowest BCUT2D eigenvalue weighted by Gasteiger charge is -2.06. The number of nitrogens with zero attached hydrogens (tertiary/aromatic N) is 1. The standard InChI is InChI=1S/C13H12F3N3O3S/c1-2-23(21,22)9-5-3-4-8(6-9)11(20)19-12-17-7-10(18-12)13(14,15)16/h3-7H,2H2,1H3,(H2,17,18,19,20). The van der Waals surface area contributed by atoms with Crippen LogP contribution in [0.5, 0.6) is 0 Å². The van der Waals surface area contributed by atoms with Gasteiger partial charge in [-0.3, -0.25) is 10.1 Å². The van der Waals surface area contributed by atoms with Gasteiger partial charge in [0.15, 0.2) is 9.84 Å². The Balaban J connectivity index is 2.22. The summed E-state index contributed by atoms with van der Waals surface area (Å²) in [5.41, 5.74) is -1.11. The van der Waals surface area contributed by atoms with Crippen molar-refractivity contribution < 1.29 is 26.4 Å². The molecule has 1 amide bonds. The molecule has 0 unspecified atom stereocenters. The van der Waals surface area contributed by atoms with Crippen molar-refractivity contribution in [1.82, 2.24) is 9.97 Å². The van der Waals surface area contributed by atoms with Crippen molar-refractivity contribution in [2.45, 2.75) is 18.0 Å². The quantitative estimate of drug-likeness (QED) is 0.889. The van der Waals surface area contributed by atoms with Crippen LogP contribution >= 0.6 is 0 Å². The summed E-state index contributed by atoms with van der Waals surface area (Å²) in [7, 11) is -3.49. The van der Waals surface area contributed by atoms with Gasteiger partial charge in [0.1, 0.15) is 5.69 Å². The van der Waals surface area contributed by atoms with E-state index in [2.05, 4.69) is 10.3 Å². The summed E-state index contributed by atoms with van der Waals surface area (Å²) in [6.45, 7) is 1.46. The van der Waals surface area contributed by atoms with Crippen molar-refractivity contribution in [2.24, 2.45) is 0 Å². The van der Waals surface area contributed by atoms with Crippen LogP contribution in [0.25, 0.3) is 0 Å². The van der Waals surface area contributed by atoms with Crippen LogP contribution < -0.4 is 5.32 Å². The van der Waals surface area contributed by atoms with Gasteiger partial charge in [-0.25, -0.2) is 13.4 Å². The Morgan fingerprint density at radius 1 is 1.35 bits per heavy atom. The number of nitrogens with one attached hydrogen (secondary N) is 2. The predicted molar refractivity (Wildman–Crippen MR) is 75.7 cm³/mol. The molecule has 0 saturated carbocycles. The van der Waals surface area contributed by atoms with Crippen LogP contribution in [0.1, 0.15) is 23.0 Å². The molecule has 124 valence electrons. The van der Waals surface area contributed by atoms with Crippen LogP contribution in [0.2, 0.25) is 0 Å². The number of carbonyl (C=O) groups excluding carboxylic acids is 1. The summed E-state index contributed by atoms with van der Waals surface area (Å²) < 4.78 is 60.8. The Kier molecular flexibility index (Phi) is 4.46. The molecule has 6 nitrogen and oxygen atoms in total. The first kappa shape index (κ1) is 17.0. The third-order valence-electron chi connectivity index (χ3n) is 2.95. The molecule has 23 heavy (non-hydrogen) atoms. The molecule has 2 N–H and O–H groups in total. The van der Waals surface area contributed by atoms with Gasteiger partial charge in [0.2, 0.25) is 5.95 Å². The molecule has 1 aromatic heterocycles. The number of aromatic amines is 1. The molecule has 0 saturated heterocycles. The highest BCUT2D eigenvalue weighted by molar-refractivity contribution is 7.91. The molecule has 0 bridgehead atoms. The number of amides is 1. The van der Waals surface area contributed by atoms with Crippen molar-refractivity contribution in [3.63, 3.8) is 0 Å². The number of rotatable bonds is 4. The number of H-pyrrole nitrogens is 1. The van der Waals surface area contributed by atoms with E-state index in [9.17, 15) is 26.4 Å². The Morgan fingerprint density at radius 3 is 2.61 bits per heavy atom. The molecule has 1 aromatic carbocycles. The van der Waals surface area contributed by atoms with Crippen molar-refractivity contribution in [1.29, 1.82) is 0 Å². The summed E-state index contributed by atoms with van der Waals surface area (Å²) in [5.74, 6) is -1.29. The number of hydrogen-bond donors (Lipinski definition) is 2. The van der Waals surface area contributed by atoms with E-state index in [1.165, 1.54) is 25.1 Å². The molecule has 0 spiro atoms. The fourth-order valence-corrected chi connectivity index (χ4v) is 2.63. The highest BCUT2D eigenvalue weighted by Crippen LogP contribution is 2.28.